The summed E-state index contributed by atoms with van der Waals surface area (Å²) in [5, 5.41) is 8.72. The first-order valence-corrected chi connectivity index (χ1v) is 16.9. The topological polar surface area (TPSA) is 139 Å². The first-order chi connectivity index (χ1) is 25.1. The van der Waals surface area contributed by atoms with Gasteiger partial charge in [0.15, 0.2) is 6.61 Å². The fraction of sp³-hybridized carbons (Fsp3) is 0.282. The monoisotopic (exact) mass is 709 g/mol. The number of nitrogens with zero attached hydrogens (tertiary/aromatic N) is 2. The Morgan fingerprint density at radius 3 is 2.56 bits per heavy atom. The van der Waals surface area contributed by atoms with Gasteiger partial charge in [0.05, 0.1) is 25.3 Å². The van der Waals surface area contributed by atoms with Gasteiger partial charge in [-0.3, -0.25) is 24.1 Å². The van der Waals surface area contributed by atoms with Crippen LogP contribution in [0.2, 0.25) is 0 Å². The van der Waals surface area contributed by atoms with Crippen molar-refractivity contribution >= 4 is 35.0 Å². The van der Waals surface area contributed by atoms with Crippen molar-refractivity contribution in [2.75, 3.05) is 50.6 Å². The summed E-state index contributed by atoms with van der Waals surface area (Å²) in [5.41, 5.74) is 3.09. The summed E-state index contributed by atoms with van der Waals surface area (Å²) in [6, 6.07) is 22.8. The summed E-state index contributed by atoms with van der Waals surface area (Å²) in [6.07, 6.45) is -0.0882. The number of carbonyl (C=O) groups is 4. The molecule has 0 saturated carbocycles. The Morgan fingerprint density at radius 2 is 1.79 bits per heavy atom. The molecule has 1 fully saturated rings. The SMILES string of the molecule is COc1cc2ccc1CNC(=O)COc1cccc(c1)-c1ccc(F)c(c1)C(=O)N[C@@H]1CN(CC(=O)Nc3ccc(N(C)C(C)=O)cc3)CC[C@@H]1O2. The molecular weight excluding hydrogens is 669 g/mol. The molecule has 0 aromatic heterocycles. The molecule has 3 heterocycles. The minimum absolute atomic E-state index is 0.0324. The maximum absolute atomic E-state index is 15.3. The number of anilines is 2. The summed E-state index contributed by atoms with van der Waals surface area (Å²) < 4.78 is 33.0. The molecule has 3 aliphatic heterocycles. The number of rotatable bonds is 5. The summed E-state index contributed by atoms with van der Waals surface area (Å²) in [7, 11) is 3.19. The molecule has 0 aliphatic carbocycles. The lowest BCUT2D eigenvalue weighted by Gasteiger charge is -2.38. The minimum Gasteiger partial charge on any atom is -0.496 e. The molecule has 0 unspecified atom stereocenters. The van der Waals surface area contributed by atoms with E-state index in [2.05, 4.69) is 16.0 Å². The van der Waals surface area contributed by atoms with E-state index in [0.717, 1.165) is 5.56 Å². The third-order valence-electron chi connectivity index (χ3n) is 9.10. The van der Waals surface area contributed by atoms with Gasteiger partial charge in [0.1, 0.15) is 29.2 Å². The van der Waals surface area contributed by atoms with Gasteiger partial charge in [0.2, 0.25) is 11.8 Å². The number of nitrogens with one attached hydrogen (secondary N) is 3. The van der Waals surface area contributed by atoms with Crippen molar-refractivity contribution in [3.63, 3.8) is 0 Å². The number of halogens is 1. The van der Waals surface area contributed by atoms with E-state index in [-0.39, 0.29) is 49.5 Å². The summed E-state index contributed by atoms with van der Waals surface area (Å²) in [4.78, 5) is 54.7. The molecule has 12 nitrogen and oxygen atoms in total. The molecule has 1 saturated heterocycles. The average Bonchev–Trinajstić information content (AvgIpc) is 3.14. The summed E-state index contributed by atoms with van der Waals surface area (Å²) in [5.74, 6) is -0.624. The molecular formula is C39H40FN5O7. The van der Waals surface area contributed by atoms with Crippen LogP contribution >= 0.6 is 0 Å². The van der Waals surface area contributed by atoms with Crippen LogP contribution in [0.4, 0.5) is 15.8 Å². The average molecular weight is 710 g/mol. The fourth-order valence-electron chi connectivity index (χ4n) is 6.18. The predicted molar refractivity (Wildman–Crippen MR) is 193 cm³/mol. The zero-order chi connectivity index (χ0) is 36.8. The fourth-order valence-corrected chi connectivity index (χ4v) is 6.18. The summed E-state index contributed by atoms with van der Waals surface area (Å²) >= 11 is 0. The molecule has 0 spiro atoms. The van der Waals surface area contributed by atoms with Crippen LogP contribution in [0.15, 0.2) is 84.9 Å². The predicted octanol–water partition coefficient (Wildman–Crippen LogP) is 4.38. The van der Waals surface area contributed by atoms with Crippen LogP contribution in [0.1, 0.15) is 29.3 Å². The van der Waals surface area contributed by atoms with Crippen LogP contribution in [-0.4, -0.2) is 81.1 Å². The highest BCUT2D eigenvalue weighted by Crippen LogP contribution is 2.29. The Balaban J connectivity index is 1.25. The van der Waals surface area contributed by atoms with Gasteiger partial charge in [-0.25, -0.2) is 4.39 Å². The second kappa shape index (κ2) is 15.9. The summed E-state index contributed by atoms with van der Waals surface area (Å²) in [6.45, 7) is 2.20. The number of methoxy groups -OCH3 is 1. The van der Waals surface area contributed by atoms with Crippen molar-refractivity contribution in [2.45, 2.75) is 32.0 Å². The number of ether oxygens (including phenoxy) is 3. The van der Waals surface area contributed by atoms with Gasteiger partial charge in [-0.15, -0.1) is 0 Å². The molecule has 52 heavy (non-hydrogen) atoms. The van der Waals surface area contributed by atoms with Crippen molar-refractivity contribution in [2.24, 2.45) is 0 Å². The maximum Gasteiger partial charge on any atom is 0.258 e. The number of benzene rings is 4. The van der Waals surface area contributed by atoms with E-state index in [1.165, 1.54) is 31.1 Å². The Bertz CT molecular complexity index is 1970. The number of fused-ring (bicyclic) bond motifs is 7. The highest BCUT2D eigenvalue weighted by Gasteiger charge is 2.34. The van der Waals surface area contributed by atoms with Gasteiger partial charge < -0.3 is 35.1 Å². The lowest BCUT2D eigenvalue weighted by atomic mass is 9.99. The van der Waals surface area contributed by atoms with Crippen LogP contribution < -0.4 is 35.1 Å². The van der Waals surface area contributed by atoms with Crippen LogP contribution in [0.5, 0.6) is 17.2 Å². The molecule has 0 radical (unpaired) electrons. The lowest BCUT2D eigenvalue weighted by molar-refractivity contribution is -0.123. The second-order valence-corrected chi connectivity index (χ2v) is 12.7. The molecule has 4 amide bonds. The molecule has 4 aromatic carbocycles. The van der Waals surface area contributed by atoms with Crippen LogP contribution in [0.3, 0.4) is 0 Å². The van der Waals surface area contributed by atoms with Gasteiger partial charge in [0, 0.05) is 56.6 Å². The van der Waals surface area contributed by atoms with Crippen molar-refractivity contribution in [1.82, 2.24) is 15.5 Å². The van der Waals surface area contributed by atoms with Crippen molar-refractivity contribution in [3.8, 4) is 28.4 Å². The van der Waals surface area contributed by atoms with E-state index in [9.17, 15) is 19.2 Å². The number of carbonyl (C=O) groups excluding carboxylic acids is 4. The van der Waals surface area contributed by atoms with Gasteiger partial charge in [-0.1, -0.05) is 18.2 Å². The second-order valence-electron chi connectivity index (χ2n) is 12.7. The Kier molecular flexibility index (Phi) is 11.0. The molecule has 270 valence electrons. The molecule has 13 heteroatoms. The zero-order valence-corrected chi connectivity index (χ0v) is 29.1. The van der Waals surface area contributed by atoms with Crippen LogP contribution in [-0.2, 0) is 20.9 Å². The molecule has 6 bridgehead atoms. The first-order valence-electron chi connectivity index (χ1n) is 16.9. The van der Waals surface area contributed by atoms with E-state index in [4.69, 9.17) is 14.2 Å². The zero-order valence-electron chi connectivity index (χ0n) is 29.1. The smallest absolute Gasteiger partial charge is 0.258 e. The number of hydrogen-bond acceptors (Lipinski definition) is 8. The normalized spacial score (nSPS) is 17.7. The minimum atomic E-state index is -0.696. The molecule has 3 N–H and O–H groups in total. The van der Waals surface area contributed by atoms with Crippen LogP contribution in [0, 0.1) is 5.82 Å². The van der Waals surface area contributed by atoms with Crippen molar-refractivity contribution < 1.29 is 37.8 Å². The van der Waals surface area contributed by atoms with E-state index >= 15 is 4.39 Å². The van der Waals surface area contributed by atoms with Gasteiger partial charge in [-0.2, -0.15) is 0 Å². The third-order valence-corrected chi connectivity index (χ3v) is 9.10. The first kappa shape index (κ1) is 35.9. The molecule has 7 rings (SSSR count). The van der Waals surface area contributed by atoms with Gasteiger partial charge in [-0.05, 0) is 78.2 Å². The quantitative estimate of drug-likeness (QED) is 0.278. The third kappa shape index (κ3) is 8.67. The van der Waals surface area contributed by atoms with E-state index in [1.807, 2.05) is 4.90 Å². The van der Waals surface area contributed by atoms with Gasteiger partial charge >= 0.3 is 0 Å². The Morgan fingerprint density at radius 1 is 1.00 bits per heavy atom. The maximum atomic E-state index is 15.3. The Hall–Kier alpha value is -5.95. The highest BCUT2D eigenvalue weighted by molar-refractivity contribution is 5.96. The van der Waals surface area contributed by atoms with Crippen molar-refractivity contribution in [3.05, 3.63) is 102 Å². The van der Waals surface area contributed by atoms with Crippen LogP contribution in [0.25, 0.3) is 11.1 Å². The van der Waals surface area contributed by atoms with E-state index in [0.29, 0.717) is 52.7 Å². The highest BCUT2D eigenvalue weighted by atomic mass is 19.1. The largest absolute Gasteiger partial charge is 0.496 e. The van der Waals surface area contributed by atoms with Crippen molar-refractivity contribution in [1.29, 1.82) is 0 Å². The standard InChI is InChI=1S/C39H40FN5O7/c1-24(46)44(2)29-11-9-28(10-12-29)42-37(47)22-45-16-15-35-34(21-45)43-39(49)32-18-26(8-14-33(32)40)25-5-4-6-30(17-25)51-23-38(48)41-20-27-7-13-31(52-35)19-36(27)50-3/h4-14,17-19,34-35H,15-16,20-23H2,1-3H3,(H,41,48)(H,42,47)(H,43,49)/t34-,35+/m1/s1. The number of amides is 4. The lowest BCUT2D eigenvalue weighted by Crippen LogP contribution is -2.58. The molecule has 3 aliphatic rings. The van der Waals surface area contributed by atoms with E-state index in [1.54, 1.807) is 79.8 Å². The van der Waals surface area contributed by atoms with E-state index < -0.39 is 23.9 Å². The number of likely N-dealkylation sites (tertiary alicyclic amines) is 1. The molecule has 4 aromatic rings. The molecule has 2 atom stereocenters. The van der Waals surface area contributed by atoms with Gasteiger partial charge in [0.25, 0.3) is 11.8 Å². The number of piperidine rings is 1. The number of hydrogen-bond donors (Lipinski definition) is 3. The Labute approximate surface area is 300 Å².